The van der Waals surface area contributed by atoms with E-state index in [0.29, 0.717) is 38.9 Å². The number of alkyl halides is 3. The van der Waals surface area contributed by atoms with Gasteiger partial charge in [0.2, 0.25) is 5.91 Å². The van der Waals surface area contributed by atoms with Crippen LogP contribution >= 0.6 is 11.8 Å². The zero-order valence-electron chi connectivity index (χ0n) is 17.2. The summed E-state index contributed by atoms with van der Waals surface area (Å²) in [6.07, 6.45) is -0.732. The van der Waals surface area contributed by atoms with Gasteiger partial charge in [-0.25, -0.2) is 9.97 Å². The van der Waals surface area contributed by atoms with Crippen LogP contribution in [0.15, 0.2) is 5.16 Å². The van der Waals surface area contributed by atoms with Gasteiger partial charge in [0, 0.05) is 57.1 Å². The van der Waals surface area contributed by atoms with Crippen molar-refractivity contribution in [2.24, 2.45) is 0 Å². The molecular formula is C19H29F3N4O2S. The van der Waals surface area contributed by atoms with Gasteiger partial charge in [0.05, 0.1) is 0 Å². The molecule has 1 amide bonds. The van der Waals surface area contributed by atoms with Crippen molar-refractivity contribution in [3.05, 3.63) is 17.0 Å². The molecule has 0 aromatic carbocycles. The SMILES string of the molecule is CSc1nc(C)c(CCC(=O)N2CCN(CCCOCC(F)(F)F)CC2)c(C)n1. The minimum Gasteiger partial charge on any atom is -0.372 e. The van der Waals surface area contributed by atoms with Gasteiger partial charge in [-0.3, -0.25) is 9.69 Å². The Bertz CT molecular complexity index is 657. The number of piperazine rings is 1. The molecule has 0 spiro atoms. The molecule has 0 radical (unpaired) electrons. The molecule has 0 unspecified atom stereocenters. The van der Waals surface area contributed by atoms with E-state index in [-0.39, 0.29) is 12.5 Å². The molecule has 1 aliphatic heterocycles. The normalized spacial score (nSPS) is 15.7. The lowest BCUT2D eigenvalue weighted by molar-refractivity contribution is -0.174. The van der Waals surface area contributed by atoms with Gasteiger partial charge in [0.1, 0.15) is 6.61 Å². The van der Waals surface area contributed by atoms with Crippen molar-refractivity contribution in [1.82, 2.24) is 19.8 Å². The zero-order valence-corrected chi connectivity index (χ0v) is 18.0. The molecule has 1 aromatic heterocycles. The van der Waals surface area contributed by atoms with Crippen LogP contribution in [0.5, 0.6) is 0 Å². The average molecular weight is 435 g/mol. The monoisotopic (exact) mass is 434 g/mol. The molecule has 164 valence electrons. The van der Waals surface area contributed by atoms with Crippen LogP contribution in [0.1, 0.15) is 29.8 Å². The number of hydrogen-bond acceptors (Lipinski definition) is 6. The van der Waals surface area contributed by atoms with Crippen LogP contribution in [0.4, 0.5) is 13.2 Å². The molecule has 0 bridgehead atoms. The Morgan fingerprint density at radius 3 is 2.31 bits per heavy atom. The third-order valence-electron chi connectivity index (χ3n) is 4.93. The lowest BCUT2D eigenvalue weighted by Crippen LogP contribution is -2.49. The van der Waals surface area contributed by atoms with Gasteiger partial charge in [-0.05, 0) is 38.5 Å². The van der Waals surface area contributed by atoms with E-state index in [2.05, 4.69) is 19.6 Å². The summed E-state index contributed by atoms with van der Waals surface area (Å²) in [5.74, 6) is 0.117. The maximum absolute atomic E-state index is 12.6. The Kier molecular flexibility index (Phi) is 9.16. The number of amides is 1. The Labute approximate surface area is 174 Å². The lowest BCUT2D eigenvalue weighted by Gasteiger charge is -2.34. The fraction of sp³-hybridized carbons (Fsp3) is 0.737. The largest absolute Gasteiger partial charge is 0.411 e. The fourth-order valence-corrected chi connectivity index (χ4v) is 3.81. The number of aromatic nitrogens is 2. The summed E-state index contributed by atoms with van der Waals surface area (Å²) in [7, 11) is 0. The molecule has 29 heavy (non-hydrogen) atoms. The molecule has 6 nitrogen and oxygen atoms in total. The van der Waals surface area contributed by atoms with Crippen molar-refractivity contribution in [3.63, 3.8) is 0 Å². The van der Waals surface area contributed by atoms with E-state index >= 15 is 0 Å². The Hall–Kier alpha value is -1.39. The first-order valence-electron chi connectivity index (χ1n) is 9.72. The number of nitrogens with zero attached hydrogens (tertiary/aromatic N) is 4. The van der Waals surface area contributed by atoms with E-state index in [0.717, 1.165) is 35.2 Å². The van der Waals surface area contributed by atoms with Crippen LogP contribution in [0.3, 0.4) is 0 Å². The molecule has 0 atom stereocenters. The van der Waals surface area contributed by atoms with Crippen molar-refractivity contribution >= 4 is 17.7 Å². The molecule has 1 fully saturated rings. The van der Waals surface area contributed by atoms with E-state index in [4.69, 9.17) is 0 Å². The number of aryl methyl sites for hydroxylation is 2. The van der Waals surface area contributed by atoms with Crippen molar-refractivity contribution in [2.45, 2.75) is 44.4 Å². The molecule has 2 heterocycles. The predicted octanol–water partition coefficient (Wildman–Crippen LogP) is 2.86. The number of thioether (sulfide) groups is 1. The molecule has 10 heteroatoms. The molecule has 2 rings (SSSR count). The molecule has 1 aromatic rings. The highest BCUT2D eigenvalue weighted by molar-refractivity contribution is 7.98. The second kappa shape index (κ2) is 11.1. The van der Waals surface area contributed by atoms with E-state index in [1.807, 2.05) is 25.0 Å². The third-order valence-corrected chi connectivity index (χ3v) is 5.47. The third kappa shape index (κ3) is 8.10. The molecule has 0 saturated carbocycles. The van der Waals surface area contributed by atoms with Crippen molar-refractivity contribution in [2.75, 3.05) is 52.2 Å². The van der Waals surface area contributed by atoms with Crippen LogP contribution in [-0.2, 0) is 16.0 Å². The first-order valence-corrected chi connectivity index (χ1v) is 10.9. The molecular weight excluding hydrogens is 405 g/mol. The van der Waals surface area contributed by atoms with Gasteiger partial charge in [0.15, 0.2) is 5.16 Å². The maximum Gasteiger partial charge on any atom is 0.411 e. The van der Waals surface area contributed by atoms with Crippen molar-refractivity contribution in [3.8, 4) is 0 Å². The maximum atomic E-state index is 12.6. The smallest absolute Gasteiger partial charge is 0.372 e. The highest BCUT2D eigenvalue weighted by Crippen LogP contribution is 2.18. The summed E-state index contributed by atoms with van der Waals surface area (Å²) < 4.78 is 40.7. The Morgan fingerprint density at radius 2 is 1.76 bits per heavy atom. The Balaban J connectivity index is 1.68. The van der Waals surface area contributed by atoms with Crippen LogP contribution in [0.25, 0.3) is 0 Å². The van der Waals surface area contributed by atoms with Gasteiger partial charge < -0.3 is 9.64 Å². The van der Waals surface area contributed by atoms with Gasteiger partial charge >= 0.3 is 6.18 Å². The van der Waals surface area contributed by atoms with Gasteiger partial charge in [0.25, 0.3) is 0 Å². The van der Waals surface area contributed by atoms with E-state index in [1.54, 1.807) is 0 Å². The fourth-order valence-electron chi connectivity index (χ4n) is 3.35. The van der Waals surface area contributed by atoms with Crippen LogP contribution in [-0.4, -0.2) is 84.0 Å². The first kappa shape index (κ1) is 23.9. The number of carbonyl (C=O) groups is 1. The summed E-state index contributed by atoms with van der Waals surface area (Å²) in [4.78, 5) is 25.5. The highest BCUT2D eigenvalue weighted by Gasteiger charge is 2.27. The number of ether oxygens (including phenoxy) is 1. The summed E-state index contributed by atoms with van der Waals surface area (Å²) in [6.45, 7) is 6.22. The van der Waals surface area contributed by atoms with Crippen LogP contribution < -0.4 is 0 Å². The van der Waals surface area contributed by atoms with E-state index < -0.39 is 12.8 Å². The zero-order chi connectivity index (χ0) is 21.4. The molecule has 0 aliphatic carbocycles. The number of halogens is 3. The summed E-state index contributed by atoms with van der Waals surface area (Å²) in [5, 5.41) is 0.745. The topological polar surface area (TPSA) is 58.6 Å². The number of hydrogen-bond donors (Lipinski definition) is 0. The summed E-state index contributed by atoms with van der Waals surface area (Å²) in [6, 6.07) is 0. The minimum atomic E-state index is -4.27. The predicted molar refractivity (Wildman–Crippen MR) is 106 cm³/mol. The van der Waals surface area contributed by atoms with Gasteiger partial charge in [-0.1, -0.05) is 11.8 Å². The number of carbonyl (C=O) groups excluding carboxylic acids is 1. The van der Waals surface area contributed by atoms with Gasteiger partial charge in [-0.2, -0.15) is 13.2 Å². The number of rotatable bonds is 9. The van der Waals surface area contributed by atoms with Crippen LogP contribution in [0, 0.1) is 13.8 Å². The highest BCUT2D eigenvalue weighted by atomic mass is 32.2. The second-order valence-electron chi connectivity index (χ2n) is 7.10. The molecule has 1 aliphatic rings. The van der Waals surface area contributed by atoms with E-state index in [1.165, 1.54) is 11.8 Å². The van der Waals surface area contributed by atoms with Gasteiger partial charge in [-0.15, -0.1) is 0 Å². The lowest BCUT2D eigenvalue weighted by atomic mass is 10.1. The minimum absolute atomic E-state index is 0.0920. The van der Waals surface area contributed by atoms with Crippen molar-refractivity contribution < 1.29 is 22.7 Å². The Morgan fingerprint density at radius 1 is 1.14 bits per heavy atom. The molecule has 0 N–H and O–H groups in total. The second-order valence-corrected chi connectivity index (χ2v) is 7.88. The van der Waals surface area contributed by atoms with Crippen molar-refractivity contribution in [1.29, 1.82) is 0 Å². The quantitative estimate of drug-likeness (QED) is 0.338. The molecule has 1 saturated heterocycles. The summed E-state index contributed by atoms with van der Waals surface area (Å²) >= 11 is 1.50. The summed E-state index contributed by atoms with van der Waals surface area (Å²) in [5.41, 5.74) is 2.88. The first-order chi connectivity index (χ1) is 13.7. The van der Waals surface area contributed by atoms with E-state index in [9.17, 15) is 18.0 Å². The standard InChI is InChI=1S/C19H29F3N4O2S/c1-14-16(15(2)24-18(23-14)29-3)5-6-17(27)26-10-8-25(9-11-26)7-4-12-28-13-19(20,21)22/h4-13H2,1-3H3. The van der Waals surface area contributed by atoms with Crippen LogP contribution in [0.2, 0.25) is 0 Å². The average Bonchev–Trinajstić information content (AvgIpc) is 2.66.